The van der Waals surface area contributed by atoms with E-state index in [1.165, 1.54) is 6.07 Å². The number of hydrogen-bond donors (Lipinski definition) is 1. The normalized spacial score (nSPS) is 12.5. The zero-order chi connectivity index (χ0) is 14.8. The van der Waals surface area contributed by atoms with Crippen LogP contribution in [0, 0.1) is 5.82 Å². The summed E-state index contributed by atoms with van der Waals surface area (Å²) in [6.07, 6.45) is 1.77. The van der Waals surface area contributed by atoms with E-state index in [2.05, 4.69) is 10.3 Å². The molecule has 0 spiro atoms. The number of fused-ring (bicyclic) bond motifs is 1. The monoisotopic (exact) mass is 300 g/mol. The lowest BCUT2D eigenvalue weighted by Gasteiger charge is -2.18. The lowest BCUT2D eigenvalue weighted by molar-refractivity contribution is 0.617. The van der Waals surface area contributed by atoms with Gasteiger partial charge in [0.05, 0.1) is 16.6 Å². The van der Waals surface area contributed by atoms with E-state index in [0.717, 1.165) is 22.0 Å². The summed E-state index contributed by atoms with van der Waals surface area (Å²) in [4.78, 5) is 4.36. The first-order valence-electron chi connectivity index (χ1n) is 6.66. The van der Waals surface area contributed by atoms with E-state index in [4.69, 9.17) is 11.6 Å². The Morgan fingerprint density at radius 3 is 2.62 bits per heavy atom. The van der Waals surface area contributed by atoms with Crippen molar-refractivity contribution in [1.29, 1.82) is 0 Å². The van der Waals surface area contributed by atoms with Gasteiger partial charge in [-0.15, -0.1) is 0 Å². The zero-order valence-corrected chi connectivity index (χ0v) is 12.2. The molecule has 0 saturated carbocycles. The van der Waals surface area contributed by atoms with Crippen molar-refractivity contribution >= 4 is 22.5 Å². The van der Waals surface area contributed by atoms with Gasteiger partial charge in [-0.1, -0.05) is 35.9 Å². The molecule has 0 fully saturated rings. The van der Waals surface area contributed by atoms with E-state index in [1.807, 2.05) is 43.4 Å². The minimum atomic E-state index is -0.409. The van der Waals surface area contributed by atoms with Crippen molar-refractivity contribution in [1.82, 2.24) is 10.3 Å². The maximum absolute atomic E-state index is 13.7. The summed E-state index contributed by atoms with van der Waals surface area (Å²) in [5.41, 5.74) is 2.78. The second-order valence-corrected chi connectivity index (χ2v) is 5.26. The van der Waals surface area contributed by atoms with Gasteiger partial charge in [0.25, 0.3) is 0 Å². The Bertz CT molecular complexity index is 789. The fourth-order valence-electron chi connectivity index (χ4n) is 2.48. The van der Waals surface area contributed by atoms with Gasteiger partial charge in [0.15, 0.2) is 0 Å². The summed E-state index contributed by atoms with van der Waals surface area (Å²) in [5, 5.41) is 4.42. The standard InChI is InChI=1S/C17H14ClFN2/c1-20-17(12-6-7-14(18)15(19)9-12)13-5-4-11-3-2-8-21-16(11)10-13/h2-10,17,20H,1H3. The predicted octanol–water partition coefficient (Wildman–Crippen LogP) is 4.34. The summed E-state index contributed by atoms with van der Waals surface area (Å²) < 4.78 is 13.7. The van der Waals surface area contributed by atoms with E-state index in [0.29, 0.717) is 0 Å². The molecule has 1 N–H and O–H groups in total. The average molecular weight is 301 g/mol. The minimum absolute atomic E-state index is 0.108. The van der Waals surface area contributed by atoms with Crippen LogP contribution in [0.1, 0.15) is 17.2 Å². The van der Waals surface area contributed by atoms with Crippen molar-refractivity contribution in [3.63, 3.8) is 0 Å². The Labute approximate surface area is 127 Å². The van der Waals surface area contributed by atoms with Crippen LogP contribution >= 0.6 is 11.6 Å². The third kappa shape index (κ3) is 2.75. The topological polar surface area (TPSA) is 24.9 Å². The molecule has 3 aromatic rings. The molecule has 1 unspecified atom stereocenters. The SMILES string of the molecule is CNC(c1ccc(Cl)c(F)c1)c1ccc2cccnc2c1. The van der Waals surface area contributed by atoms with Crippen molar-refractivity contribution < 1.29 is 4.39 Å². The molecule has 1 aromatic heterocycles. The highest BCUT2D eigenvalue weighted by atomic mass is 35.5. The van der Waals surface area contributed by atoms with Crippen molar-refractivity contribution in [2.75, 3.05) is 7.05 Å². The number of aromatic nitrogens is 1. The molecule has 0 aliphatic heterocycles. The second kappa shape index (κ2) is 5.80. The molecule has 2 nitrogen and oxygen atoms in total. The molecule has 3 rings (SSSR count). The fraction of sp³-hybridized carbons (Fsp3) is 0.118. The van der Waals surface area contributed by atoms with Crippen LogP contribution in [0.15, 0.2) is 54.7 Å². The van der Waals surface area contributed by atoms with Crippen molar-refractivity contribution in [2.45, 2.75) is 6.04 Å². The first kappa shape index (κ1) is 14.0. The molecule has 0 bridgehead atoms. The van der Waals surface area contributed by atoms with Crippen LogP contribution in [0.4, 0.5) is 4.39 Å². The molecule has 106 valence electrons. The first-order chi connectivity index (χ1) is 10.2. The molecule has 1 heterocycles. The molecule has 0 saturated heterocycles. The largest absolute Gasteiger partial charge is 0.309 e. The molecule has 4 heteroatoms. The average Bonchev–Trinajstić information content (AvgIpc) is 2.51. The molecular formula is C17H14ClFN2. The Morgan fingerprint density at radius 2 is 1.86 bits per heavy atom. The van der Waals surface area contributed by atoms with E-state index < -0.39 is 5.82 Å². The number of rotatable bonds is 3. The highest BCUT2D eigenvalue weighted by molar-refractivity contribution is 6.30. The molecule has 0 amide bonds. The van der Waals surface area contributed by atoms with Crippen molar-refractivity contribution in [2.24, 2.45) is 0 Å². The lowest BCUT2D eigenvalue weighted by Crippen LogP contribution is -2.17. The van der Waals surface area contributed by atoms with Gasteiger partial charge < -0.3 is 5.32 Å². The van der Waals surface area contributed by atoms with Gasteiger partial charge in [-0.2, -0.15) is 0 Å². The minimum Gasteiger partial charge on any atom is -0.309 e. The van der Waals surface area contributed by atoms with Gasteiger partial charge in [0, 0.05) is 11.6 Å². The number of nitrogens with one attached hydrogen (secondary N) is 1. The summed E-state index contributed by atoms with van der Waals surface area (Å²) in [6.45, 7) is 0. The first-order valence-corrected chi connectivity index (χ1v) is 7.04. The highest BCUT2D eigenvalue weighted by Gasteiger charge is 2.14. The zero-order valence-electron chi connectivity index (χ0n) is 11.5. The van der Waals surface area contributed by atoms with Gasteiger partial charge in [-0.05, 0) is 42.4 Å². The Kier molecular flexibility index (Phi) is 3.86. The van der Waals surface area contributed by atoms with E-state index >= 15 is 0 Å². The second-order valence-electron chi connectivity index (χ2n) is 4.85. The smallest absolute Gasteiger partial charge is 0.142 e. The Hall–Kier alpha value is -1.97. The number of halogens is 2. The van der Waals surface area contributed by atoms with Crippen LogP contribution in [-0.4, -0.2) is 12.0 Å². The molecular weight excluding hydrogens is 287 g/mol. The van der Waals surface area contributed by atoms with Gasteiger partial charge in [-0.25, -0.2) is 4.39 Å². The molecule has 0 aliphatic rings. The number of nitrogens with zero attached hydrogens (tertiary/aromatic N) is 1. The predicted molar refractivity (Wildman–Crippen MR) is 84.1 cm³/mol. The Morgan fingerprint density at radius 1 is 1.10 bits per heavy atom. The van der Waals surface area contributed by atoms with E-state index in [1.54, 1.807) is 12.3 Å². The summed E-state index contributed by atoms with van der Waals surface area (Å²) in [5.74, 6) is -0.409. The van der Waals surface area contributed by atoms with Crippen LogP contribution in [0.25, 0.3) is 10.9 Å². The maximum atomic E-state index is 13.7. The van der Waals surface area contributed by atoms with E-state index in [9.17, 15) is 4.39 Å². The van der Waals surface area contributed by atoms with Crippen LogP contribution in [0.2, 0.25) is 5.02 Å². The van der Waals surface area contributed by atoms with Gasteiger partial charge in [0.2, 0.25) is 0 Å². The molecule has 0 aliphatic carbocycles. The molecule has 2 aromatic carbocycles. The van der Waals surface area contributed by atoms with Gasteiger partial charge in [0.1, 0.15) is 5.82 Å². The quantitative estimate of drug-likeness (QED) is 0.778. The van der Waals surface area contributed by atoms with Crippen LogP contribution in [-0.2, 0) is 0 Å². The Balaban J connectivity index is 2.06. The van der Waals surface area contributed by atoms with Gasteiger partial charge >= 0.3 is 0 Å². The molecule has 1 atom stereocenters. The third-order valence-electron chi connectivity index (χ3n) is 3.53. The molecule has 21 heavy (non-hydrogen) atoms. The molecule has 0 radical (unpaired) electrons. The van der Waals surface area contributed by atoms with E-state index in [-0.39, 0.29) is 11.1 Å². The van der Waals surface area contributed by atoms with Crippen LogP contribution in [0.5, 0.6) is 0 Å². The number of hydrogen-bond acceptors (Lipinski definition) is 2. The summed E-state index contributed by atoms with van der Waals surface area (Å²) >= 11 is 5.75. The third-order valence-corrected chi connectivity index (χ3v) is 3.84. The van der Waals surface area contributed by atoms with Crippen molar-refractivity contribution in [3.8, 4) is 0 Å². The highest BCUT2D eigenvalue weighted by Crippen LogP contribution is 2.27. The van der Waals surface area contributed by atoms with Crippen LogP contribution in [0.3, 0.4) is 0 Å². The summed E-state index contributed by atoms with van der Waals surface area (Å²) in [7, 11) is 1.85. The van der Waals surface area contributed by atoms with Gasteiger partial charge in [-0.3, -0.25) is 4.98 Å². The van der Waals surface area contributed by atoms with Crippen LogP contribution < -0.4 is 5.32 Å². The van der Waals surface area contributed by atoms with Crippen molar-refractivity contribution in [3.05, 3.63) is 76.7 Å². The summed E-state index contributed by atoms with van der Waals surface area (Å²) in [6, 6.07) is 14.8. The number of pyridine rings is 1. The fourth-order valence-corrected chi connectivity index (χ4v) is 2.60. The lowest BCUT2D eigenvalue weighted by atomic mass is 9.97. The maximum Gasteiger partial charge on any atom is 0.142 e. The number of benzene rings is 2.